The van der Waals surface area contributed by atoms with E-state index < -0.39 is 0 Å². The first-order valence-corrected chi connectivity index (χ1v) is 3.40. The van der Waals surface area contributed by atoms with Gasteiger partial charge in [-0.25, -0.2) is 4.89 Å². The lowest BCUT2D eigenvalue weighted by atomic mass is 10.2. The smallest absolute Gasteiger partial charge is 0.109 e. The van der Waals surface area contributed by atoms with Gasteiger partial charge < -0.3 is 5.32 Å². The summed E-state index contributed by atoms with van der Waals surface area (Å²) >= 11 is 0. The SMILES string of the molecule is CNc1ccccc1COO. The Balaban J connectivity index is 2.83. The summed E-state index contributed by atoms with van der Waals surface area (Å²) < 4.78 is 0. The molecular formula is C8H11NO2. The Labute approximate surface area is 65.5 Å². The first-order valence-electron chi connectivity index (χ1n) is 3.40. The van der Waals surface area contributed by atoms with E-state index in [0.29, 0.717) is 0 Å². The molecule has 1 aromatic rings. The van der Waals surface area contributed by atoms with Crippen molar-refractivity contribution >= 4 is 5.69 Å². The van der Waals surface area contributed by atoms with E-state index in [1.807, 2.05) is 31.3 Å². The molecule has 3 heteroatoms. The molecule has 0 heterocycles. The van der Waals surface area contributed by atoms with Crippen LogP contribution < -0.4 is 5.32 Å². The molecule has 0 unspecified atom stereocenters. The fourth-order valence-electron chi connectivity index (χ4n) is 0.960. The lowest BCUT2D eigenvalue weighted by molar-refractivity contribution is -0.252. The maximum atomic E-state index is 8.21. The van der Waals surface area contributed by atoms with Crippen LogP contribution in [-0.2, 0) is 11.5 Å². The quantitative estimate of drug-likeness (QED) is 0.513. The van der Waals surface area contributed by atoms with Crippen LogP contribution in [0.2, 0.25) is 0 Å². The lowest BCUT2D eigenvalue weighted by Crippen LogP contribution is -1.95. The van der Waals surface area contributed by atoms with Gasteiger partial charge in [-0.2, -0.15) is 0 Å². The Hall–Kier alpha value is -1.06. The van der Waals surface area contributed by atoms with Crippen LogP contribution in [0.15, 0.2) is 24.3 Å². The summed E-state index contributed by atoms with van der Waals surface area (Å²) in [5, 5.41) is 11.2. The van der Waals surface area contributed by atoms with Gasteiger partial charge in [0.1, 0.15) is 6.61 Å². The van der Waals surface area contributed by atoms with Gasteiger partial charge in [-0.1, -0.05) is 18.2 Å². The molecule has 3 nitrogen and oxygen atoms in total. The number of para-hydroxylation sites is 1. The highest BCUT2D eigenvalue weighted by Gasteiger charge is 1.97. The average Bonchev–Trinajstić information content (AvgIpc) is 2.06. The zero-order chi connectivity index (χ0) is 8.10. The molecule has 0 saturated carbocycles. The van der Waals surface area contributed by atoms with Crippen LogP contribution in [0, 0.1) is 0 Å². The number of rotatable bonds is 3. The molecule has 0 radical (unpaired) electrons. The summed E-state index contributed by atoms with van der Waals surface area (Å²) in [5.41, 5.74) is 1.92. The summed E-state index contributed by atoms with van der Waals surface area (Å²) in [6.45, 7) is 0.219. The molecule has 0 aliphatic carbocycles. The van der Waals surface area contributed by atoms with E-state index in [1.165, 1.54) is 0 Å². The molecule has 0 spiro atoms. The second kappa shape index (κ2) is 3.95. The van der Waals surface area contributed by atoms with Crippen LogP contribution in [0.4, 0.5) is 5.69 Å². The Morgan fingerprint density at radius 1 is 1.45 bits per heavy atom. The summed E-state index contributed by atoms with van der Waals surface area (Å²) in [6, 6.07) is 7.64. The minimum absolute atomic E-state index is 0.219. The van der Waals surface area contributed by atoms with Crippen LogP contribution in [-0.4, -0.2) is 12.3 Å². The van der Waals surface area contributed by atoms with Gasteiger partial charge in [0.25, 0.3) is 0 Å². The van der Waals surface area contributed by atoms with Crippen LogP contribution in [0.25, 0.3) is 0 Å². The van der Waals surface area contributed by atoms with Gasteiger partial charge in [-0.15, -0.1) is 0 Å². The van der Waals surface area contributed by atoms with Gasteiger partial charge in [0.15, 0.2) is 0 Å². The highest BCUT2D eigenvalue weighted by Crippen LogP contribution is 2.14. The third-order valence-electron chi connectivity index (χ3n) is 1.51. The minimum atomic E-state index is 0.219. The van der Waals surface area contributed by atoms with Crippen molar-refractivity contribution in [3.63, 3.8) is 0 Å². The molecule has 0 aliphatic heterocycles. The molecular weight excluding hydrogens is 142 g/mol. The van der Waals surface area contributed by atoms with Crippen molar-refractivity contribution in [3.8, 4) is 0 Å². The summed E-state index contributed by atoms with van der Waals surface area (Å²) in [5.74, 6) is 0. The van der Waals surface area contributed by atoms with Crippen molar-refractivity contribution in [2.24, 2.45) is 0 Å². The largest absolute Gasteiger partial charge is 0.388 e. The van der Waals surface area contributed by atoms with E-state index in [2.05, 4.69) is 10.2 Å². The maximum Gasteiger partial charge on any atom is 0.109 e. The number of benzene rings is 1. The highest BCUT2D eigenvalue weighted by atomic mass is 17.1. The van der Waals surface area contributed by atoms with E-state index in [9.17, 15) is 0 Å². The zero-order valence-corrected chi connectivity index (χ0v) is 6.37. The van der Waals surface area contributed by atoms with Gasteiger partial charge >= 0.3 is 0 Å². The summed E-state index contributed by atoms with van der Waals surface area (Å²) in [6.07, 6.45) is 0. The zero-order valence-electron chi connectivity index (χ0n) is 6.37. The predicted octanol–water partition coefficient (Wildman–Crippen LogP) is 1.72. The monoisotopic (exact) mass is 153 g/mol. The minimum Gasteiger partial charge on any atom is -0.388 e. The topological polar surface area (TPSA) is 41.5 Å². The van der Waals surface area contributed by atoms with Crippen molar-refractivity contribution in [2.45, 2.75) is 6.61 Å². The Bertz CT molecular complexity index is 225. The van der Waals surface area contributed by atoms with Crippen molar-refractivity contribution in [1.29, 1.82) is 0 Å². The van der Waals surface area contributed by atoms with E-state index in [1.54, 1.807) is 0 Å². The average molecular weight is 153 g/mol. The Morgan fingerprint density at radius 3 is 2.82 bits per heavy atom. The maximum absolute atomic E-state index is 8.21. The molecule has 0 atom stereocenters. The summed E-state index contributed by atoms with van der Waals surface area (Å²) in [4.78, 5) is 4.03. The normalized spacial score (nSPS) is 9.64. The molecule has 60 valence electrons. The van der Waals surface area contributed by atoms with Crippen LogP contribution in [0.3, 0.4) is 0 Å². The summed E-state index contributed by atoms with van der Waals surface area (Å²) in [7, 11) is 1.83. The van der Waals surface area contributed by atoms with E-state index in [0.717, 1.165) is 11.3 Å². The standard InChI is InChI=1S/C8H11NO2/c1-9-8-5-3-2-4-7(8)6-11-10/h2-5,9-10H,6H2,1H3. The van der Waals surface area contributed by atoms with E-state index in [4.69, 9.17) is 5.26 Å². The molecule has 0 aromatic heterocycles. The fraction of sp³-hybridized carbons (Fsp3) is 0.250. The lowest BCUT2D eigenvalue weighted by Gasteiger charge is -2.05. The molecule has 0 aliphatic rings. The highest BCUT2D eigenvalue weighted by molar-refractivity contribution is 5.49. The molecule has 2 N–H and O–H groups in total. The molecule has 1 rings (SSSR count). The molecule has 1 aromatic carbocycles. The Morgan fingerprint density at radius 2 is 2.18 bits per heavy atom. The van der Waals surface area contributed by atoms with Crippen molar-refractivity contribution in [2.75, 3.05) is 12.4 Å². The van der Waals surface area contributed by atoms with E-state index in [-0.39, 0.29) is 6.61 Å². The molecule has 0 fully saturated rings. The number of anilines is 1. The van der Waals surface area contributed by atoms with Gasteiger partial charge in [0.05, 0.1) is 0 Å². The molecule has 0 amide bonds. The fourth-order valence-corrected chi connectivity index (χ4v) is 0.960. The number of nitrogens with one attached hydrogen (secondary N) is 1. The first-order chi connectivity index (χ1) is 5.38. The molecule has 0 bridgehead atoms. The van der Waals surface area contributed by atoms with Crippen molar-refractivity contribution in [1.82, 2.24) is 0 Å². The molecule has 0 saturated heterocycles. The van der Waals surface area contributed by atoms with Crippen LogP contribution in [0.1, 0.15) is 5.56 Å². The van der Waals surface area contributed by atoms with Gasteiger partial charge in [0.2, 0.25) is 0 Å². The van der Waals surface area contributed by atoms with Crippen LogP contribution >= 0.6 is 0 Å². The first kappa shape index (κ1) is 8.04. The third kappa shape index (κ3) is 1.93. The van der Waals surface area contributed by atoms with Gasteiger partial charge in [0, 0.05) is 18.3 Å². The second-order valence-electron chi connectivity index (χ2n) is 2.18. The predicted molar refractivity (Wildman–Crippen MR) is 43.4 cm³/mol. The second-order valence-corrected chi connectivity index (χ2v) is 2.18. The van der Waals surface area contributed by atoms with Gasteiger partial charge in [-0.05, 0) is 6.07 Å². The number of hydrogen-bond acceptors (Lipinski definition) is 3. The number of hydrogen-bond donors (Lipinski definition) is 2. The van der Waals surface area contributed by atoms with Crippen molar-refractivity contribution < 1.29 is 10.1 Å². The third-order valence-corrected chi connectivity index (χ3v) is 1.51. The van der Waals surface area contributed by atoms with E-state index >= 15 is 0 Å². The van der Waals surface area contributed by atoms with Crippen LogP contribution in [0.5, 0.6) is 0 Å². The molecule has 11 heavy (non-hydrogen) atoms. The van der Waals surface area contributed by atoms with Crippen molar-refractivity contribution in [3.05, 3.63) is 29.8 Å². The van der Waals surface area contributed by atoms with Gasteiger partial charge in [-0.3, -0.25) is 5.26 Å². The Kier molecular flexibility index (Phi) is 2.89.